The number of fused-ring (bicyclic) bond motifs is 5. The summed E-state index contributed by atoms with van der Waals surface area (Å²) < 4.78 is 0. The van der Waals surface area contributed by atoms with Gasteiger partial charge in [-0.1, -0.05) is 47.9 Å². The Kier molecular flexibility index (Phi) is 3.09. The van der Waals surface area contributed by atoms with E-state index in [4.69, 9.17) is 0 Å². The van der Waals surface area contributed by atoms with Crippen molar-refractivity contribution in [3.63, 3.8) is 0 Å². The Balaban J connectivity index is 1.74. The van der Waals surface area contributed by atoms with Crippen LogP contribution in [0.3, 0.4) is 0 Å². The molecule has 4 atom stereocenters. The van der Waals surface area contributed by atoms with E-state index in [9.17, 15) is 9.59 Å². The molecule has 1 saturated carbocycles. The third kappa shape index (κ3) is 1.82. The Bertz CT molecular complexity index is 722. The number of hydrogen-bond donors (Lipinski definition) is 0. The average molecular weight is 307 g/mol. The number of amides is 2. The van der Waals surface area contributed by atoms with Gasteiger partial charge in [0.15, 0.2) is 0 Å². The zero-order valence-electron chi connectivity index (χ0n) is 13.7. The second kappa shape index (κ2) is 4.92. The van der Waals surface area contributed by atoms with Crippen molar-refractivity contribution in [2.45, 2.75) is 27.2 Å². The number of allylic oxidation sites excluding steroid dienone is 4. The summed E-state index contributed by atoms with van der Waals surface area (Å²) in [6.45, 7) is 6.27. The first-order valence-electron chi connectivity index (χ1n) is 8.37. The summed E-state index contributed by atoms with van der Waals surface area (Å²) in [6.07, 6.45) is 5.27. The van der Waals surface area contributed by atoms with Gasteiger partial charge < -0.3 is 0 Å². The van der Waals surface area contributed by atoms with E-state index >= 15 is 0 Å². The van der Waals surface area contributed by atoms with Gasteiger partial charge in [-0.05, 0) is 32.4 Å². The number of aryl methyl sites for hydroxylation is 1. The molecule has 0 N–H and O–H groups in total. The SMILES string of the molecule is CCC(C)=C1[C@H]2C=C[C@H]1[C@@H]1C(=O)N(c3ccc(C)cc3)C(=O)[C@H]12. The summed E-state index contributed by atoms with van der Waals surface area (Å²) in [7, 11) is 0. The summed E-state index contributed by atoms with van der Waals surface area (Å²) in [4.78, 5) is 27.4. The number of benzene rings is 1. The van der Waals surface area contributed by atoms with Gasteiger partial charge >= 0.3 is 0 Å². The predicted octanol–water partition coefficient (Wildman–Crippen LogP) is 3.64. The second-order valence-electron chi connectivity index (χ2n) is 6.92. The fraction of sp³-hybridized carbons (Fsp3) is 0.400. The van der Waals surface area contributed by atoms with Gasteiger partial charge in [0.25, 0.3) is 0 Å². The van der Waals surface area contributed by atoms with Crippen LogP contribution in [0.2, 0.25) is 0 Å². The lowest BCUT2D eigenvalue weighted by molar-refractivity contribution is -0.122. The van der Waals surface area contributed by atoms with Crippen molar-refractivity contribution in [1.82, 2.24) is 0 Å². The van der Waals surface area contributed by atoms with Crippen LogP contribution in [0.25, 0.3) is 0 Å². The van der Waals surface area contributed by atoms with E-state index in [2.05, 4.69) is 26.0 Å². The molecule has 3 aliphatic rings. The van der Waals surface area contributed by atoms with Gasteiger partial charge in [0.1, 0.15) is 0 Å². The maximum atomic E-state index is 13.0. The van der Waals surface area contributed by atoms with Gasteiger partial charge in [-0.25, -0.2) is 4.90 Å². The van der Waals surface area contributed by atoms with Gasteiger partial charge in [-0.2, -0.15) is 0 Å². The summed E-state index contributed by atoms with van der Waals surface area (Å²) in [6, 6.07) is 7.64. The van der Waals surface area contributed by atoms with Crippen LogP contribution in [0.15, 0.2) is 47.6 Å². The van der Waals surface area contributed by atoms with Crippen LogP contribution in [0.4, 0.5) is 5.69 Å². The van der Waals surface area contributed by atoms with Gasteiger partial charge in [0.2, 0.25) is 11.8 Å². The lowest BCUT2D eigenvalue weighted by Crippen LogP contribution is -2.33. The standard InChI is InChI=1S/C20H21NO2/c1-4-12(3)16-14-9-10-15(16)18-17(14)19(22)21(20(18)23)13-7-5-11(2)6-8-13/h5-10,14-15,17-18H,4H2,1-3H3/t14-,15-,17+,18+/m1/s1. The monoisotopic (exact) mass is 307 g/mol. The highest BCUT2D eigenvalue weighted by Gasteiger charge is 2.61. The first-order chi connectivity index (χ1) is 11.0. The number of rotatable bonds is 2. The minimum Gasteiger partial charge on any atom is -0.274 e. The van der Waals surface area contributed by atoms with Crippen molar-refractivity contribution >= 4 is 17.5 Å². The Morgan fingerprint density at radius 1 is 1.00 bits per heavy atom. The van der Waals surface area contributed by atoms with Crippen LogP contribution in [0, 0.1) is 30.6 Å². The Labute approximate surface area is 136 Å². The topological polar surface area (TPSA) is 37.4 Å². The lowest BCUT2D eigenvalue weighted by Gasteiger charge is -2.19. The maximum absolute atomic E-state index is 13.0. The van der Waals surface area contributed by atoms with E-state index in [1.54, 1.807) is 0 Å². The number of nitrogens with zero attached hydrogens (tertiary/aromatic N) is 1. The van der Waals surface area contributed by atoms with E-state index in [1.807, 2.05) is 31.2 Å². The molecule has 1 aromatic rings. The molecule has 118 valence electrons. The molecule has 3 nitrogen and oxygen atoms in total. The van der Waals surface area contributed by atoms with Crippen molar-refractivity contribution in [2.75, 3.05) is 4.90 Å². The number of anilines is 1. The quantitative estimate of drug-likeness (QED) is 0.618. The van der Waals surface area contributed by atoms with Gasteiger partial charge in [-0.3, -0.25) is 9.59 Å². The molecule has 2 bridgehead atoms. The maximum Gasteiger partial charge on any atom is 0.238 e. The molecule has 23 heavy (non-hydrogen) atoms. The minimum absolute atomic E-state index is 0.0258. The van der Waals surface area contributed by atoms with Gasteiger partial charge in [0.05, 0.1) is 17.5 Å². The van der Waals surface area contributed by atoms with E-state index in [0.717, 1.165) is 12.0 Å². The van der Waals surface area contributed by atoms with Crippen LogP contribution >= 0.6 is 0 Å². The average Bonchev–Trinajstić information content (AvgIpc) is 3.18. The van der Waals surface area contributed by atoms with E-state index in [0.29, 0.717) is 5.69 Å². The van der Waals surface area contributed by atoms with Crippen molar-refractivity contribution in [3.8, 4) is 0 Å². The molecule has 2 fully saturated rings. The van der Waals surface area contributed by atoms with Crippen molar-refractivity contribution in [1.29, 1.82) is 0 Å². The molecule has 2 aliphatic carbocycles. The highest BCUT2D eigenvalue weighted by molar-refractivity contribution is 6.23. The van der Waals surface area contributed by atoms with Gasteiger partial charge in [-0.15, -0.1) is 0 Å². The highest BCUT2D eigenvalue weighted by Crippen LogP contribution is 2.57. The van der Waals surface area contributed by atoms with E-state index in [-0.39, 0.29) is 35.5 Å². The van der Waals surface area contributed by atoms with E-state index < -0.39 is 0 Å². The number of carbonyl (C=O) groups is 2. The van der Waals surface area contributed by atoms with Gasteiger partial charge in [0, 0.05) is 11.8 Å². The summed E-state index contributed by atoms with van der Waals surface area (Å²) >= 11 is 0. The van der Waals surface area contributed by atoms with Crippen LogP contribution < -0.4 is 4.90 Å². The number of hydrogen-bond acceptors (Lipinski definition) is 2. The van der Waals surface area contributed by atoms with Crippen LogP contribution in [0.5, 0.6) is 0 Å². The first kappa shape index (κ1) is 14.4. The molecule has 0 aromatic heterocycles. The first-order valence-corrected chi connectivity index (χ1v) is 8.37. The molecule has 1 saturated heterocycles. The molecular weight excluding hydrogens is 286 g/mol. The van der Waals surface area contributed by atoms with Crippen molar-refractivity contribution in [3.05, 3.63) is 53.1 Å². The predicted molar refractivity (Wildman–Crippen MR) is 89.8 cm³/mol. The van der Waals surface area contributed by atoms with Crippen LogP contribution in [-0.2, 0) is 9.59 Å². The lowest BCUT2D eigenvalue weighted by atomic mass is 9.85. The fourth-order valence-electron chi connectivity index (χ4n) is 4.48. The third-order valence-corrected chi connectivity index (χ3v) is 5.73. The molecule has 0 radical (unpaired) electrons. The molecule has 0 spiro atoms. The van der Waals surface area contributed by atoms with Crippen LogP contribution in [0.1, 0.15) is 25.8 Å². The zero-order valence-corrected chi connectivity index (χ0v) is 13.7. The summed E-state index contributed by atoms with van der Waals surface area (Å²) in [5.41, 5.74) is 4.49. The third-order valence-electron chi connectivity index (χ3n) is 5.73. The summed E-state index contributed by atoms with van der Waals surface area (Å²) in [5.74, 6) is -0.205. The number of carbonyl (C=O) groups excluding carboxylic acids is 2. The Hall–Kier alpha value is -2.16. The smallest absolute Gasteiger partial charge is 0.238 e. The molecule has 0 unspecified atom stereocenters. The van der Waals surface area contributed by atoms with Crippen LogP contribution in [-0.4, -0.2) is 11.8 Å². The fourth-order valence-corrected chi connectivity index (χ4v) is 4.48. The normalized spacial score (nSPS) is 31.3. The zero-order chi connectivity index (χ0) is 16.3. The molecule has 1 aliphatic heterocycles. The second-order valence-corrected chi connectivity index (χ2v) is 6.92. The molecule has 1 heterocycles. The molecule has 4 rings (SSSR count). The van der Waals surface area contributed by atoms with E-state index in [1.165, 1.54) is 16.0 Å². The number of imide groups is 1. The Morgan fingerprint density at radius 3 is 2.00 bits per heavy atom. The molecular formula is C20H21NO2. The molecule has 1 aromatic carbocycles. The highest BCUT2D eigenvalue weighted by atomic mass is 16.2. The van der Waals surface area contributed by atoms with Crippen molar-refractivity contribution < 1.29 is 9.59 Å². The van der Waals surface area contributed by atoms with Crippen molar-refractivity contribution in [2.24, 2.45) is 23.7 Å². The molecule has 2 amide bonds. The minimum atomic E-state index is -0.199. The largest absolute Gasteiger partial charge is 0.274 e. The molecule has 3 heteroatoms. The Morgan fingerprint density at radius 2 is 1.52 bits per heavy atom. The summed E-state index contributed by atoms with van der Waals surface area (Å²) in [5, 5.41) is 0.